The Bertz CT molecular complexity index is 1130. The molecule has 5 heteroatoms. The van der Waals surface area contributed by atoms with Gasteiger partial charge in [-0.15, -0.1) is 0 Å². The Hall–Kier alpha value is -3.21. The van der Waals surface area contributed by atoms with E-state index in [0.29, 0.717) is 23.5 Å². The van der Waals surface area contributed by atoms with Gasteiger partial charge in [0.2, 0.25) is 0 Å². The van der Waals surface area contributed by atoms with Crippen molar-refractivity contribution >= 4 is 10.9 Å². The number of H-pyrrole nitrogens is 1. The SMILES string of the molecule is CC(C)c1ccc2nc(Cc3nccn3Cc3ccccc3)[nH]c(=O)c2c1. The zero-order valence-corrected chi connectivity index (χ0v) is 15.5. The first-order valence-corrected chi connectivity index (χ1v) is 9.17. The van der Waals surface area contributed by atoms with E-state index in [9.17, 15) is 4.79 Å². The molecule has 2 aromatic carbocycles. The lowest BCUT2D eigenvalue weighted by Crippen LogP contribution is -2.14. The molecule has 0 atom stereocenters. The van der Waals surface area contributed by atoms with Gasteiger partial charge in [0.15, 0.2) is 0 Å². The second kappa shape index (κ2) is 7.19. The molecule has 4 rings (SSSR count). The van der Waals surface area contributed by atoms with Crippen LogP contribution < -0.4 is 5.56 Å². The van der Waals surface area contributed by atoms with Crippen LogP contribution in [0.3, 0.4) is 0 Å². The molecule has 0 saturated carbocycles. The third-order valence-electron chi connectivity index (χ3n) is 4.77. The number of benzene rings is 2. The Morgan fingerprint density at radius 3 is 2.70 bits per heavy atom. The fraction of sp³-hybridized carbons (Fsp3) is 0.227. The Balaban J connectivity index is 1.64. The fourth-order valence-corrected chi connectivity index (χ4v) is 3.23. The van der Waals surface area contributed by atoms with Crippen LogP contribution in [0, 0.1) is 0 Å². The molecule has 2 heterocycles. The molecule has 0 amide bonds. The van der Waals surface area contributed by atoms with Gasteiger partial charge in [0.05, 0.1) is 17.3 Å². The average molecular weight is 358 g/mol. The Labute approximate surface area is 157 Å². The number of hydrogen-bond donors (Lipinski definition) is 1. The molecule has 27 heavy (non-hydrogen) atoms. The van der Waals surface area contributed by atoms with Crippen LogP contribution >= 0.6 is 0 Å². The highest BCUT2D eigenvalue weighted by molar-refractivity contribution is 5.78. The molecule has 0 bridgehead atoms. The van der Waals surface area contributed by atoms with Crippen LogP contribution in [-0.2, 0) is 13.0 Å². The molecule has 5 nitrogen and oxygen atoms in total. The summed E-state index contributed by atoms with van der Waals surface area (Å²) in [6.07, 6.45) is 4.22. The number of hydrogen-bond acceptors (Lipinski definition) is 3. The second-order valence-electron chi connectivity index (χ2n) is 7.08. The maximum Gasteiger partial charge on any atom is 0.258 e. The first kappa shape index (κ1) is 17.2. The molecule has 0 aliphatic heterocycles. The first-order valence-electron chi connectivity index (χ1n) is 9.17. The first-order chi connectivity index (χ1) is 13.1. The van der Waals surface area contributed by atoms with Crippen molar-refractivity contribution in [3.8, 4) is 0 Å². The number of imidazole rings is 1. The summed E-state index contributed by atoms with van der Waals surface area (Å²) in [5.74, 6) is 1.88. The molecular weight excluding hydrogens is 336 g/mol. The predicted molar refractivity (Wildman–Crippen MR) is 107 cm³/mol. The van der Waals surface area contributed by atoms with Crippen molar-refractivity contribution in [2.24, 2.45) is 0 Å². The van der Waals surface area contributed by atoms with E-state index < -0.39 is 0 Å². The van der Waals surface area contributed by atoms with Crippen LogP contribution in [0.25, 0.3) is 10.9 Å². The summed E-state index contributed by atoms with van der Waals surface area (Å²) < 4.78 is 2.08. The molecule has 1 N–H and O–H groups in total. The molecule has 4 aromatic rings. The van der Waals surface area contributed by atoms with E-state index in [1.807, 2.05) is 42.6 Å². The van der Waals surface area contributed by atoms with E-state index >= 15 is 0 Å². The van der Waals surface area contributed by atoms with Crippen LogP contribution in [0.5, 0.6) is 0 Å². The molecule has 0 unspecified atom stereocenters. The molecule has 136 valence electrons. The van der Waals surface area contributed by atoms with Crippen LogP contribution in [0.4, 0.5) is 0 Å². The van der Waals surface area contributed by atoms with Gasteiger partial charge in [0, 0.05) is 18.9 Å². The smallest absolute Gasteiger partial charge is 0.258 e. The topological polar surface area (TPSA) is 63.6 Å². The van der Waals surface area contributed by atoms with E-state index in [1.54, 1.807) is 6.20 Å². The number of aromatic amines is 1. The molecule has 0 radical (unpaired) electrons. The molecule has 0 fully saturated rings. The number of aromatic nitrogens is 4. The lowest BCUT2D eigenvalue weighted by Gasteiger charge is -2.09. The Morgan fingerprint density at radius 1 is 1.11 bits per heavy atom. The van der Waals surface area contributed by atoms with Crippen molar-refractivity contribution in [2.45, 2.75) is 32.7 Å². The Morgan fingerprint density at radius 2 is 1.93 bits per heavy atom. The van der Waals surface area contributed by atoms with Gasteiger partial charge in [-0.05, 0) is 29.2 Å². The molecule has 2 aromatic heterocycles. The lowest BCUT2D eigenvalue weighted by atomic mass is 10.0. The number of nitrogens with one attached hydrogen (secondary N) is 1. The maximum absolute atomic E-state index is 12.6. The summed E-state index contributed by atoms with van der Waals surface area (Å²) in [4.78, 5) is 24.6. The summed E-state index contributed by atoms with van der Waals surface area (Å²) in [6, 6.07) is 16.1. The molecule has 0 spiro atoms. The normalized spacial score (nSPS) is 11.4. The molecular formula is C22H22N4O. The number of nitrogens with zero attached hydrogens (tertiary/aromatic N) is 3. The van der Waals surface area contributed by atoms with Crippen LogP contribution in [0.2, 0.25) is 0 Å². The summed E-state index contributed by atoms with van der Waals surface area (Å²) in [6.45, 7) is 4.97. The van der Waals surface area contributed by atoms with Gasteiger partial charge >= 0.3 is 0 Å². The van der Waals surface area contributed by atoms with E-state index in [2.05, 4.69) is 45.5 Å². The van der Waals surface area contributed by atoms with Gasteiger partial charge < -0.3 is 9.55 Å². The zero-order chi connectivity index (χ0) is 18.8. The van der Waals surface area contributed by atoms with Gasteiger partial charge in [-0.1, -0.05) is 50.2 Å². The van der Waals surface area contributed by atoms with E-state index in [4.69, 9.17) is 0 Å². The minimum Gasteiger partial charge on any atom is -0.330 e. The zero-order valence-electron chi connectivity index (χ0n) is 15.5. The summed E-state index contributed by atoms with van der Waals surface area (Å²) in [5, 5.41) is 0.637. The number of rotatable bonds is 5. The highest BCUT2D eigenvalue weighted by Gasteiger charge is 2.10. The lowest BCUT2D eigenvalue weighted by molar-refractivity contribution is 0.728. The van der Waals surface area contributed by atoms with Gasteiger partial charge in [0.25, 0.3) is 5.56 Å². The van der Waals surface area contributed by atoms with Gasteiger partial charge in [-0.3, -0.25) is 4.79 Å². The van der Waals surface area contributed by atoms with Crippen LogP contribution in [0.15, 0.2) is 65.7 Å². The molecule has 0 aliphatic rings. The van der Waals surface area contributed by atoms with Crippen molar-refractivity contribution in [3.05, 3.63) is 94.1 Å². The average Bonchev–Trinajstić information content (AvgIpc) is 3.09. The predicted octanol–water partition coefficient (Wildman–Crippen LogP) is 3.88. The van der Waals surface area contributed by atoms with Crippen molar-refractivity contribution < 1.29 is 0 Å². The van der Waals surface area contributed by atoms with Gasteiger partial charge in [0.1, 0.15) is 11.6 Å². The second-order valence-corrected chi connectivity index (χ2v) is 7.08. The minimum atomic E-state index is -0.0985. The summed E-state index contributed by atoms with van der Waals surface area (Å²) in [7, 11) is 0. The minimum absolute atomic E-state index is 0.0985. The van der Waals surface area contributed by atoms with Crippen molar-refractivity contribution in [1.82, 2.24) is 19.5 Å². The van der Waals surface area contributed by atoms with Crippen LogP contribution in [0.1, 0.15) is 42.5 Å². The quantitative estimate of drug-likeness (QED) is 0.589. The van der Waals surface area contributed by atoms with Crippen LogP contribution in [-0.4, -0.2) is 19.5 Å². The fourth-order valence-electron chi connectivity index (χ4n) is 3.23. The standard InChI is InChI=1S/C22H22N4O/c1-15(2)17-8-9-19-18(12-17)22(27)25-20(24-19)13-21-23-10-11-26(21)14-16-6-4-3-5-7-16/h3-12,15H,13-14H2,1-2H3,(H,24,25,27). The van der Waals surface area contributed by atoms with Gasteiger partial charge in [-0.25, -0.2) is 9.97 Å². The summed E-state index contributed by atoms with van der Waals surface area (Å²) >= 11 is 0. The van der Waals surface area contributed by atoms with Crippen molar-refractivity contribution in [3.63, 3.8) is 0 Å². The van der Waals surface area contributed by atoms with E-state index in [-0.39, 0.29) is 5.56 Å². The third-order valence-corrected chi connectivity index (χ3v) is 4.77. The molecule has 0 aliphatic carbocycles. The highest BCUT2D eigenvalue weighted by Crippen LogP contribution is 2.18. The van der Waals surface area contributed by atoms with Crippen molar-refractivity contribution in [2.75, 3.05) is 0 Å². The maximum atomic E-state index is 12.6. The highest BCUT2D eigenvalue weighted by atomic mass is 16.1. The largest absolute Gasteiger partial charge is 0.330 e. The van der Waals surface area contributed by atoms with E-state index in [0.717, 1.165) is 23.4 Å². The van der Waals surface area contributed by atoms with Gasteiger partial charge in [-0.2, -0.15) is 0 Å². The molecule has 0 saturated heterocycles. The van der Waals surface area contributed by atoms with Crippen molar-refractivity contribution in [1.29, 1.82) is 0 Å². The number of fused-ring (bicyclic) bond motifs is 1. The third kappa shape index (κ3) is 3.67. The Kier molecular flexibility index (Phi) is 4.59. The summed E-state index contributed by atoms with van der Waals surface area (Å²) in [5.41, 5.74) is 2.97. The monoisotopic (exact) mass is 358 g/mol. The van der Waals surface area contributed by atoms with E-state index in [1.165, 1.54) is 5.56 Å².